The van der Waals surface area contributed by atoms with Gasteiger partial charge < -0.3 is 19.6 Å². The van der Waals surface area contributed by atoms with Crippen LogP contribution < -0.4 is 9.64 Å². The molecule has 1 atom stereocenters. The second-order valence-electron chi connectivity index (χ2n) is 11.0. The van der Waals surface area contributed by atoms with E-state index in [1.165, 1.54) is 0 Å². The summed E-state index contributed by atoms with van der Waals surface area (Å²) in [5, 5.41) is 17.9. The zero-order valence-electron chi connectivity index (χ0n) is 21.1. The molecule has 1 saturated carbocycles. The molecule has 1 aliphatic carbocycles. The molecule has 0 radical (unpaired) electrons. The average Bonchev–Trinajstić information content (AvgIpc) is 3.58. The third-order valence-electron chi connectivity index (χ3n) is 7.01. The number of carbonyl (C=O) groups excluding carboxylic acids is 1. The van der Waals surface area contributed by atoms with E-state index in [0.29, 0.717) is 41.8 Å². The fourth-order valence-corrected chi connectivity index (χ4v) is 4.92. The number of likely N-dealkylation sites (N-methyl/N-ethyl adjacent to an activating group) is 1. The van der Waals surface area contributed by atoms with Crippen LogP contribution in [-0.4, -0.2) is 58.8 Å². The molecule has 1 fully saturated rings. The van der Waals surface area contributed by atoms with E-state index in [0.717, 1.165) is 35.3 Å². The predicted molar refractivity (Wildman–Crippen MR) is 143 cm³/mol. The van der Waals surface area contributed by atoms with Crippen molar-refractivity contribution in [1.82, 2.24) is 9.88 Å². The molecule has 1 aromatic heterocycles. The number of pyridine rings is 1. The van der Waals surface area contributed by atoms with E-state index in [1.54, 1.807) is 4.90 Å². The summed E-state index contributed by atoms with van der Waals surface area (Å²) in [7, 11) is 1.90. The van der Waals surface area contributed by atoms with Gasteiger partial charge in [0.15, 0.2) is 5.78 Å². The van der Waals surface area contributed by atoms with Gasteiger partial charge in [-0.25, -0.2) is 4.98 Å². The lowest BCUT2D eigenvalue weighted by molar-refractivity contribution is -0.138. The normalized spacial score (nSPS) is 18.8. The van der Waals surface area contributed by atoms with Gasteiger partial charge in [-0.15, -0.1) is 17.0 Å². The number of ether oxygens (including phenoxy) is 1. The van der Waals surface area contributed by atoms with E-state index in [1.807, 2.05) is 30.1 Å². The maximum absolute atomic E-state index is 13.5. The average molecular weight is 557 g/mol. The number of aromatic nitrogens is 1. The first kappa shape index (κ1) is 26.1. The Morgan fingerprint density at radius 2 is 1.94 bits per heavy atom. The highest BCUT2D eigenvalue weighted by molar-refractivity contribution is 8.93. The SMILES string of the molecule is Br.CN1CC(CC(=O)O)Oc2c1cc(C(=O)CN1Cc3ccc(C4CC4)nc3C1=N)cc2C(C)(C)C. The lowest BCUT2D eigenvalue weighted by Gasteiger charge is -2.37. The van der Waals surface area contributed by atoms with E-state index in [9.17, 15) is 14.7 Å². The monoisotopic (exact) mass is 556 g/mol. The molecule has 2 aromatic rings. The Hall–Kier alpha value is -2.94. The van der Waals surface area contributed by atoms with Gasteiger partial charge in [-0.3, -0.25) is 15.0 Å². The largest absolute Gasteiger partial charge is 0.485 e. The van der Waals surface area contributed by atoms with Gasteiger partial charge in [0.2, 0.25) is 0 Å². The fraction of sp³-hybridized carbons (Fsp3) is 0.481. The molecule has 0 saturated heterocycles. The highest BCUT2D eigenvalue weighted by atomic mass is 79.9. The third-order valence-corrected chi connectivity index (χ3v) is 7.01. The van der Waals surface area contributed by atoms with Crippen LogP contribution in [0, 0.1) is 5.41 Å². The fourth-order valence-electron chi connectivity index (χ4n) is 4.92. The Bertz CT molecular complexity index is 1240. The molecule has 0 spiro atoms. The maximum Gasteiger partial charge on any atom is 0.307 e. The number of carboxylic acids is 1. The summed E-state index contributed by atoms with van der Waals surface area (Å²) in [5.41, 5.74) is 4.65. The molecule has 2 N–H and O–H groups in total. The summed E-state index contributed by atoms with van der Waals surface area (Å²) < 4.78 is 6.15. The maximum atomic E-state index is 13.5. The molecular weight excluding hydrogens is 524 g/mol. The van der Waals surface area contributed by atoms with E-state index >= 15 is 0 Å². The van der Waals surface area contributed by atoms with E-state index < -0.39 is 12.1 Å². The quantitative estimate of drug-likeness (QED) is 0.503. The number of nitrogens with zero attached hydrogens (tertiary/aromatic N) is 3. The number of fused-ring (bicyclic) bond motifs is 2. The van der Waals surface area contributed by atoms with Gasteiger partial charge in [0.25, 0.3) is 0 Å². The molecule has 192 valence electrons. The van der Waals surface area contributed by atoms with Gasteiger partial charge in [0.1, 0.15) is 23.4 Å². The second-order valence-corrected chi connectivity index (χ2v) is 11.0. The Balaban J connectivity index is 0.00000304. The molecule has 0 amide bonds. The van der Waals surface area contributed by atoms with Crippen molar-refractivity contribution < 1.29 is 19.4 Å². The standard InChI is InChI=1S/C27H32N4O4.BrH/c1-27(2,3)19-9-17(10-21-25(19)35-18(11-23(33)34)13-30(21)4)22(32)14-31-12-16-7-8-20(15-5-6-15)29-24(16)26(31)28;/h7-10,15,18,28H,5-6,11-14H2,1-4H3,(H,33,34);1H. The number of Topliss-reactive ketones (excluding diaryl/α,β-unsaturated/α-hetero) is 1. The van der Waals surface area contributed by atoms with Crippen molar-refractivity contribution >= 4 is 40.3 Å². The summed E-state index contributed by atoms with van der Waals surface area (Å²) in [5.74, 6) is 0.501. The lowest BCUT2D eigenvalue weighted by atomic mass is 9.83. The van der Waals surface area contributed by atoms with Crippen molar-refractivity contribution in [2.45, 2.75) is 64.0 Å². The molecule has 1 aromatic carbocycles. The van der Waals surface area contributed by atoms with Crippen LogP contribution in [0.15, 0.2) is 24.3 Å². The van der Waals surface area contributed by atoms with Gasteiger partial charge >= 0.3 is 5.97 Å². The topological polar surface area (TPSA) is 107 Å². The van der Waals surface area contributed by atoms with Crippen molar-refractivity contribution in [3.05, 3.63) is 52.3 Å². The van der Waals surface area contributed by atoms with Gasteiger partial charge in [0.05, 0.1) is 25.2 Å². The number of hydrogen-bond acceptors (Lipinski definition) is 6. The van der Waals surface area contributed by atoms with Crippen LogP contribution in [0.4, 0.5) is 5.69 Å². The molecule has 8 nitrogen and oxygen atoms in total. The Kier molecular flexibility index (Phi) is 6.90. The van der Waals surface area contributed by atoms with Crippen molar-refractivity contribution in [3.8, 4) is 5.75 Å². The predicted octanol–water partition coefficient (Wildman–Crippen LogP) is 4.53. The second kappa shape index (κ2) is 9.50. The molecule has 2 aliphatic heterocycles. The number of benzene rings is 1. The lowest BCUT2D eigenvalue weighted by Crippen LogP contribution is -2.40. The van der Waals surface area contributed by atoms with Crippen LogP contribution in [0.25, 0.3) is 0 Å². The van der Waals surface area contributed by atoms with Crippen LogP contribution in [0.1, 0.15) is 78.8 Å². The molecule has 5 rings (SSSR count). The van der Waals surface area contributed by atoms with Crippen molar-refractivity contribution in [3.63, 3.8) is 0 Å². The first-order valence-corrected chi connectivity index (χ1v) is 12.2. The van der Waals surface area contributed by atoms with Crippen molar-refractivity contribution in [2.24, 2.45) is 0 Å². The van der Waals surface area contributed by atoms with Crippen LogP contribution in [0.3, 0.4) is 0 Å². The smallest absolute Gasteiger partial charge is 0.307 e. The molecule has 0 bridgehead atoms. The van der Waals surface area contributed by atoms with Gasteiger partial charge in [-0.05, 0) is 36.5 Å². The molecular formula is C27H33BrN4O4. The first-order chi connectivity index (χ1) is 16.5. The number of rotatable bonds is 6. The minimum Gasteiger partial charge on any atom is -0.485 e. The van der Waals surface area contributed by atoms with E-state index in [2.05, 4.69) is 26.8 Å². The highest BCUT2D eigenvalue weighted by Gasteiger charge is 2.34. The zero-order valence-corrected chi connectivity index (χ0v) is 22.8. The molecule has 3 aliphatic rings. The minimum atomic E-state index is -0.899. The van der Waals surface area contributed by atoms with Gasteiger partial charge in [0, 0.05) is 41.9 Å². The number of carboxylic acid groups (broad SMARTS) is 1. The number of halogens is 1. The molecule has 36 heavy (non-hydrogen) atoms. The number of nitrogens with one attached hydrogen (secondary N) is 1. The zero-order chi connectivity index (χ0) is 25.1. The summed E-state index contributed by atoms with van der Waals surface area (Å²) in [6.07, 6.45) is 1.78. The number of amidine groups is 1. The van der Waals surface area contributed by atoms with E-state index in [-0.39, 0.29) is 41.1 Å². The van der Waals surface area contributed by atoms with Crippen molar-refractivity contribution in [1.29, 1.82) is 5.41 Å². The summed E-state index contributed by atoms with van der Waals surface area (Å²) in [6.45, 7) is 7.20. The van der Waals surface area contributed by atoms with Crippen LogP contribution >= 0.6 is 17.0 Å². The number of anilines is 1. The Labute approximate surface area is 221 Å². The van der Waals surface area contributed by atoms with Crippen LogP contribution in [-0.2, 0) is 16.8 Å². The van der Waals surface area contributed by atoms with Crippen LogP contribution in [0.5, 0.6) is 5.75 Å². The number of hydrogen-bond donors (Lipinski definition) is 2. The minimum absolute atomic E-state index is 0. The number of ketones is 1. The van der Waals surface area contributed by atoms with Crippen LogP contribution in [0.2, 0.25) is 0 Å². The van der Waals surface area contributed by atoms with Gasteiger partial charge in [-0.2, -0.15) is 0 Å². The third kappa shape index (κ3) is 4.98. The Morgan fingerprint density at radius 3 is 2.58 bits per heavy atom. The number of aliphatic carboxylic acids is 1. The van der Waals surface area contributed by atoms with Gasteiger partial charge in [-0.1, -0.05) is 26.8 Å². The molecule has 3 heterocycles. The summed E-state index contributed by atoms with van der Waals surface area (Å²) in [6, 6.07) is 7.81. The highest BCUT2D eigenvalue weighted by Crippen LogP contribution is 2.43. The molecule has 1 unspecified atom stereocenters. The summed E-state index contributed by atoms with van der Waals surface area (Å²) >= 11 is 0. The first-order valence-electron chi connectivity index (χ1n) is 12.2. The number of carbonyl (C=O) groups is 2. The van der Waals surface area contributed by atoms with Crippen molar-refractivity contribution in [2.75, 3.05) is 25.0 Å². The Morgan fingerprint density at radius 1 is 1.22 bits per heavy atom. The van der Waals surface area contributed by atoms with E-state index in [4.69, 9.17) is 15.1 Å². The summed E-state index contributed by atoms with van der Waals surface area (Å²) in [4.78, 5) is 33.2. The molecule has 9 heteroatoms.